The van der Waals surface area contributed by atoms with Gasteiger partial charge in [-0.1, -0.05) is 5.16 Å². The second-order valence-corrected chi connectivity index (χ2v) is 7.34. The van der Waals surface area contributed by atoms with E-state index in [0.717, 1.165) is 9.87 Å². The Kier molecular flexibility index (Phi) is 5.15. The molecule has 26 heavy (non-hydrogen) atoms. The molecule has 12 heteroatoms. The molecule has 1 fully saturated rings. The van der Waals surface area contributed by atoms with Gasteiger partial charge in [-0.15, -0.1) is 0 Å². The number of piperazine rings is 1. The van der Waals surface area contributed by atoms with Gasteiger partial charge in [-0.05, 0) is 19.1 Å². The van der Waals surface area contributed by atoms with Gasteiger partial charge in [0.1, 0.15) is 6.04 Å². The molecule has 140 valence electrons. The quantitative estimate of drug-likeness (QED) is 0.740. The highest BCUT2D eigenvalue weighted by Gasteiger charge is 2.28. The summed E-state index contributed by atoms with van der Waals surface area (Å²) in [6.45, 7) is 2.55. The highest BCUT2D eigenvalue weighted by Crippen LogP contribution is 2.18. The largest absolute Gasteiger partial charge is 0.337 e. The van der Waals surface area contributed by atoms with Gasteiger partial charge in [0.15, 0.2) is 0 Å². The van der Waals surface area contributed by atoms with Crippen molar-refractivity contribution in [2.75, 3.05) is 26.2 Å². The zero-order valence-electron chi connectivity index (χ0n) is 14.1. The van der Waals surface area contributed by atoms with Gasteiger partial charge in [-0.2, -0.15) is 17.7 Å². The molecule has 3 N–H and O–H groups in total. The van der Waals surface area contributed by atoms with Gasteiger partial charge in [0.05, 0.1) is 0 Å². The maximum Gasteiger partial charge on any atom is 0.318 e. The predicted molar refractivity (Wildman–Crippen MR) is 90.7 cm³/mol. The fourth-order valence-corrected chi connectivity index (χ4v) is 3.19. The fraction of sp³-hybridized carbons (Fsp3) is 0.429. The third-order valence-corrected chi connectivity index (χ3v) is 5.06. The van der Waals surface area contributed by atoms with Gasteiger partial charge in [0, 0.05) is 44.1 Å². The van der Waals surface area contributed by atoms with Crippen LogP contribution in [0.3, 0.4) is 0 Å². The molecule has 1 unspecified atom stereocenters. The average molecular weight is 381 g/mol. The monoisotopic (exact) mass is 381 g/mol. The first-order chi connectivity index (χ1) is 12.3. The molecule has 3 rings (SSSR count). The molecule has 0 saturated carbocycles. The lowest BCUT2D eigenvalue weighted by Gasteiger charge is -2.33. The van der Waals surface area contributed by atoms with Crippen LogP contribution in [0.5, 0.6) is 0 Å². The lowest BCUT2D eigenvalue weighted by molar-refractivity contribution is 0.167. The van der Waals surface area contributed by atoms with E-state index in [1.807, 2.05) is 0 Å². The van der Waals surface area contributed by atoms with E-state index in [0.29, 0.717) is 5.82 Å². The Labute approximate surface area is 150 Å². The summed E-state index contributed by atoms with van der Waals surface area (Å²) in [4.78, 5) is 22.1. The number of urea groups is 1. The third kappa shape index (κ3) is 4.15. The van der Waals surface area contributed by atoms with E-state index in [1.165, 1.54) is 4.90 Å². The molecular weight excluding hydrogens is 362 g/mol. The molecule has 3 heterocycles. The molecule has 0 aliphatic carbocycles. The number of carbonyl (C=O) groups is 1. The van der Waals surface area contributed by atoms with Crippen LogP contribution in [0.2, 0.25) is 0 Å². The average Bonchev–Trinajstić information content (AvgIpc) is 3.12. The number of amides is 2. The van der Waals surface area contributed by atoms with E-state index >= 15 is 0 Å². The zero-order valence-corrected chi connectivity index (χ0v) is 14.9. The first-order valence-electron chi connectivity index (χ1n) is 7.92. The lowest BCUT2D eigenvalue weighted by atomic mass is 10.2. The molecular formula is C14H19N7O4S. The highest BCUT2D eigenvalue weighted by atomic mass is 32.2. The van der Waals surface area contributed by atoms with Crippen molar-refractivity contribution in [2.45, 2.75) is 13.0 Å². The van der Waals surface area contributed by atoms with Gasteiger partial charge in [0.2, 0.25) is 11.7 Å². The molecule has 1 aliphatic heterocycles. The Balaban J connectivity index is 1.58. The first kappa shape index (κ1) is 18.2. The number of nitrogens with zero attached hydrogens (tertiary/aromatic N) is 5. The molecule has 11 nitrogen and oxygen atoms in total. The maximum absolute atomic E-state index is 12.3. The Hall–Kier alpha value is -2.57. The van der Waals surface area contributed by atoms with Gasteiger partial charge in [0.25, 0.3) is 10.2 Å². The summed E-state index contributed by atoms with van der Waals surface area (Å²) in [7, 11) is -3.73. The van der Waals surface area contributed by atoms with Gasteiger partial charge < -0.3 is 14.7 Å². The SMILES string of the molecule is CC(NC(=O)N1CCN(S(N)(=O)=O)CC1)c1nc(-c2ccncc2)no1. The number of pyridine rings is 1. The minimum atomic E-state index is -3.73. The highest BCUT2D eigenvalue weighted by molar-refractivity contribution is 7.86. The third-order valence-electron chi connectivity index (χ3n) is 3.98. The predicted octanol–water partition coefficient (Wildman–Crippen LogP) is -0.277. The summed E-state index contributed by atoms with van der Waals surface area (Å²) in [6.07, 6.45) is 3.25. The molecule has 0 bridgehead atoms. The maximum atomic E-state index is 12.3. The van der Waals surface area contributed by atoms with Crippen LogP contribution in [0.1, 0.15) is 18.9 Å². The minimum Gasteiger partial charge on any atom is -0.337 e. The van der Waals surface area contributed by atoms with E-state index < -0.39 is 16.3 Å². The molecule has 1 aliphatic rings. The van der Waals surface area contributed by atoms with Crippen molar-refractivity contribution in [1.29, 1.82) is 0 Å². The number of aromatic nitrogens is 3. The number of carbonyl (C=O) groups excluding carboxylic acids is 1. The van der Waals surface area contributed by atoms with E-state index in [9.17, 15) is 13.2 Å². The van der Waals surface area contributed by atoms with E-state index in [1.54, 1.807) is 31.5 Å². The molecule has 0 spiro atoms. The Morgan fingerprint density at radius 3 is 2.54 bits per heavy atom. The van der Waals surface area contributed by atoms with Crippen LogP contribution >= 0.6 is 0 Å². The lowest BCUT2D eigenvalue weighted by Crippen LogP contribution is -2.54. The number of hydrogen-bond acceptors (Lipinski definition) is 7. The van der Waals surface area contributed by atoms with Crippen molar-refractivity contribution in [1.82, 2.24) is 29.6 Å². The number of nitrogens with two attached hydrogens (primary N) is 1. The number of nitrogens with one attached hydrogen (secondary N) is 1. The van der Waals surface area contributed by atoms with Gasteiger partial charge in [-0.25, -0.2) is 9.93 Å². The van der Waals surface area contributed by atoms with Crippen molar-refractivity contribution >= 4 is 16.2 Å². The smallest absolute Gasteiger partial charge is 0.318 e. The topological polar surface area (TPSA) is 148 Å². The van der Waals surface area contributed by atoms with E-state index in [4.69, 9.17) is 9.66 Å². The van der Waals surface area contributed by atoms with E-state index in [2.05, 4.69) is 20.4 Å². The van der Waals surface area contributed by atoms with Gasteiger partial charge in [-0.3, -0.25) is 4.98 Å². The Morgan fingerprint density at radius 2 is 1.92 bits per heavy atom. The van der Waals surface area contributed by atoms with Gasteiger partial charge >= 0.3 is 6.03 Å². The zero-order chi connectivity index (χ0) is 18.7. The van der Waals surface area contributed by atoms with Crippen LogP contribution in [0.25, 0.3) is 11.4 Å². The van der Waals surface area contributed by atoms with Crippen molar-refractivity contribution < 1.29 is 17.7 Å². The van der Waals surface area contributed by atoms with Crippen LogP contribution in [0, 0.1) is 0 Å². The summed E-state index contributed by atoms with van der Waals surface area (Å²) >= 11 is 0. The molecule has 2 amide bonds. The second kappa shape index (κ2) is 7.35. The number of hydrogen-bond donors (Lipinski definition) is 2. The van der Waals surface area contributed by atoms with Crippen molar-refractivity contribution in [3.8, 4) is 11.4 Å². The molecule has 2 aromatic rings. The minimum absolute atomic E-state index is 0.160. The summed E-state index contributed by atoms with van der Waals surface area (Å²) in [5.74, 6) is 0.679. The van der Waals surface area contributed by atoms with Crippen LogP contribution in [-0.4, -0.2) is 65.0 Å². The molecule has 1 saturated heterocycles. The van der Waals surface area contributed by atoms with Crippen molar-refractivity contribution in [2.24, 2.45) is 5.14 Å². The summed E-state index contributed by atoms with van der Waals surface area (Å²) in [5, 5.41) is 11.7. The molecule has 0 radical (unpaired) electrons. The first-order valence-corrected chi connectivity index (χ1v) is 9.42. The van der Waals surface area contributed by atoms with Crippen LogP contribution < -0.4 is 10.5 Å². The van der Waals surface area contributed by atoms with Crippen LogP contribution in [0.4, 0.5) is 4.79 Å². The summed E-state index contributed by atoms with van der Waals surface area (Å²) < 4.78 is 28.9. The second-order valence-electron chi connectivity index (χ2n) is 5.79. The molecule has 2 aromatic heterocycles. The van der Waals surface area contributed by atoms with Crippen LogP contribution in [-0.2, 0) is 10.2 Å². The normalized spacial score (nSPS) is 17.1. The Bertz CT molecular complexity index is 862. The van der Waals surface area contributed by atoms with Crippen molar-refractivity contribution in [3.63, 3.8) is 0 Å². The Morgan fingerprint density at radius 1 is 1.27 bits per heavy atom. The standard InChI is InChI=1S/C14H19N7O4S/c1-10(13-18-12(19-25-13)11-2-4-16-5-3-11)17-14(22)20-6-8-21(9-7-20)26(15,23)24/h2-5,10H,6-9H2,1H3,(H,17,22)(H2,15,23,24). The summed E-state index contributed by atoms with van der Waals surface area (Å²) in [6, 6.07) is 2.67. The number of rotatable bonds is 4. The fourth-order valence-electron chi connectivity index (χ4n) is 2.51. The van der Waals surface area contributed by atoms with Crippen molar-refractivity contribution in [3.05, 3.63) is 30.4 Å². The van der Waals surface area contributed by atoms with E-state index in [-0.39, 0.29) is 38.1 Å². The molecule has 1 atom stereocenters. The van der Waals surface area contributed by atoms with Crippen LogP contribution in [0.15, 0.2) is 29.0 Å². The molecule has 0 aromatic carbocycles. The summed E-state index contributed by atoms with van der Waals surface area (Å²) in [5.41, 5.74) is 0.757.